The SMILES string of the molecule is CC(C)S(=O)(=O)CCN1CCOC(C(=O)O)C1. The third-order valence-electron chi connectivity index (χ3n) is 2.84. The lowest BCUT2D eigenvalue weighted by atomic mass is 10.3. The lowest BCUT2D eigenvalue weighted by Crippen LogP contribution is -2.47. The predicted octanol–water partition coefficient (Wildman–Crippen LogP) is -0.405. The fraction of sp³-hybridized carbons (Fsp3) is 0.900. The molecule has 0 saturated carbocycles. The Balaban J connectivity index is 2.45. The molecule has 1 saturated heterocycles. The van der Waals surface area contributed by atoms with Crippen LogP contribution in [-0.2, 0) is 19.4 Å². The highest BCUT2D eigenvalue weighted by atomic mass is 32.2. The summed E-state index contributed by atoms with van der Waals surface area (Å²) < 4.78 is 28.3. The second-order valence-electron chi connectivity index (χ2n) is 4.41. The van der Waals surface area contributed by atoms with Crippen LogP contribution in [0.2, 0.25) is 0 Å². The third kappa shape index (κ3) is 4.25. The zero-order valence-corrected chi connectivity index (χ0v) is 10.9. The van der Waals surface area contributed by atoms with E-state index in [1.165, 1.54) is 0 Å². The van der Waals surface area contributed by atoms with E-state index < -0.39 is 21.9 Å². The minimum atomic E-state index is -3.07. The zero-order chi connectivity index (χ0) is 13.1. The molecule has 0 radical (unpaired) electrons. The molecule has 1 fully saturated rings. The Kier molecular flexibility index (Phi) is 4.91. The van der Waals surface area contributed by atoms with Crippen LogP contribution in [0.15, 0.2) is 0 Å². The molecule has 1 N–H and O–H groups in total. The Labute approximate surface area is 101 Å². The van der Waals surface area contributed by atoms with E-state index in [0.717, 1.165) is 0 Å². The predicted molar refractivity (Wildman–Crippen MR) is 62.7 cm³/mol. The van der Waals surface area contributed by atoms with Crippen molar-refractivity contribution in [3.63, 3.8) is 0 Å². The lowest BCUT2D eigenvalue weighted by Gasteiger charge is -2.30. The van der Waals surface area contributed by atoms with Gasteiger partial charge >= 0.3 is 5.97 Å². The smallest absolute Gasteiger partial charge is 0.334 e. The van der Waals surface area contributed by atoms with Crippen LogP contribution in [0, 0.1) is 0 Å². The zero-order valence-electron chi connectivity index (χ0n) is 10.1. The van der Waals surface area contributed by atoms with Crippen LogP contribution in [0.3, 0.4) is 0 Å². The molecule has 0 aromatic carbocycles. The summed E-state index contributed by atoms with van der Waals surface area (Å²) in [7, 11) is -3.07. The average Bonchev–Trinajstić information content (AvgIpc) is 2.26. The van der Waals surface area contributed by atoms with Crippen LogP contribution in [0.4, 0.5) is 0 Å². The van der Waals surface area contributed by atoms with Crippen LogP contribution in [0.1, 0.15) is 13.8 Å². The van der Waals surface area contributed by atoms with Crippen molar-refractivity contribution in [1.82, 2.24) is 4.90 Å². The number of hydrogen-bond donors (Lipinski definition) is 1. The molecule has 100 valence electrons. The molecule has 1 rings (SSSR count). The van der Waals surface area contributed by atoms with Crippen LogP contribution in [-0.4, -0.2) is 67.7 Å². The number of sulfone groups is 1. The van der Waals surface area contributed by atoms with E-state index >= 15 is 0 Å². The molecule has 1 aliphatic heterocycles. The number of hydrogen-bond acceptors (Lipinski definition) is 5. The molecule has 1 aliphatic rings. The van der Waals surface area contributed by atoms with Gasteiger partial charge in [-0.1, -0.05) is 0 Å². The van der Waals surface area contributed by atoms with Crippen molar-refractivity contribution in [2.24, 2.45) is 0 Å². The normalized spacial score (nSPS) is 22.9. The van der Waals surface area contributed by atoms with E-state index in [-0.39, 0.29) is 17.5 Å². The second kappa shape index (κ2) is 5.79. The average molecular weight is 265 g/mol. The van der Waals surface area contributed by atoms with Crippen molar-refractivity contribution in [2.75, 3.05) is 32.0 Å². The summed E-state index contributed by atoms with van der Waals surface area (Å²) in [6.45, 7) is 4.83. The van der Waals surface area contributed by atoms with E-state index in [1.54, 1.807) is 13.8 Å². The molecule has 1 heterocycles. The van der Waals surface area contributed by atoms with Gasteiger partial charge in [-0.15, -0.1) is 0 Å². The molecular weight excluding hydrogens is 246 g/mol. The monoisotopic (exact) mass is 265 g/mol. The third-order valence-corrected chi connectivity index (χ3v) is 5.02. The van der Waals surface area contributed by atoms with Gasteiger partial charge in [0.15, 0.2) is 15.9 Å². The van der Waals surface area contributed by atoms with Crippen LogP contribution in [0.5, 0.6) is 0 Å². The molecule has 0 spiro atoms. The summed E-state index contributed by atoms with van der Waals surface area (Å²) >= 11 is 0. The highest BCUT2D eigenvalue weighted by molar-refractivity contribution is 7.92. The number of carbonyl (C=O) groups is 1. The van der Waals surface area contributed by atoms with Crippen LogP contribution < -0.4 is 0 Å². The van der Waals surface area contributed by atoms with Gasteiger partial charge < -0.3 is 9.84 Å². The molecule has 17 heavy (non-hydrogen) atoms. The molecule has 1 atom stereocenters. The van der Waals surface area contributed by atoms with Gasteiger partial charge in [-0.2, -0.15) is 0 Å². The van der Waals surface area contributed by atoms with E-state index in [1.807, 2.05) is 4.90 Å². The van der Waals surface area contributed by atoms with Gasteiger partial charge in [-0.05, 0) is 13.8 Å². The topological polar surface area (TPSA) is 83.9 Å². The number of ether oxygens (including phenoxy) is 1. The molecule has 1 unspecified atom stereocenters. The number of nitrogens with zero attached hydrogens (tertiary/aromatic N) is 1. The summed E-state index contributed by atoms with van der Waals surface area (Å²) in [5, 5.41) is 8.41. The Bertz CT molecular complexity index is 365. The summed E-state index contributed by atoms with van der Waals surface area (Å²) in [5.41, 5.74) is 0. The van der Waals surface area contributed by atoms with Gasteiger partial charge in [0, 0.05) is 19.6 Å². The number of carboxylic acid groups (broad SMARTS) is 1. The van der Waals surface area contributed by atoms with Gasteiger partial charge in [0.05, 0.1) is 17.6 Å². The molecule has 7 heteroatoms. The maximum absolute atomic E-state index is 11.6. The highest BCUT2D eigenvalue weighted by Gasteiger charge is 2.27. The van der Waals surface area contributed by atoms with Gasteiger partial charge in [0.2, 0.25) is 0 Å². The first kappa shape index (κ1) is 14.4. The second-order valence-corrected chi connectivity index (χ2v) is 7.09. The number of aliphatic carboxylic acids is 1. The van der Waals surface area contributed by atoms with Crippen molar-refractivity contribution >= 4 is 15.8 Å². The van der Waals surface area contributed by atoms with E-state index in [2.05, 4.69) is 0 Å². The van der Waals surface area contributed by atoms with Crippen molar-refractivity contribution in [2.45, 2.75) is 25.2 Å². The Morgan fingerprint density at radius 2 is 2.18 bits per heavy atom. The molecule has 0 aromatic heterocycles. The minimum Gasteiger partial charge on any atom is -0.479 e. The molecule has 0 bridgehead atoms. The fourth-order valence-electron chi connectivity index (χ4n) is 1.55. The first-order chi connectivity index (χ1) is 7.83. The maximum atomic E-state index is 11.6. The summed E-state index contributed by atoms with van der Waals surface area (Å²) in [6.07, 6.45) is -0.842. The summed E-state index contributed by atoms with van der Waals surface area (Å²) in [4.78, 5) is 12.6. The number of rotatable bonds is 5. The first-order valence-electron chi connectivity index (χ1n) is 5.61. The quantitative estimate of drug-likeness (QED) is 0.728. The van der Waals surface area contributed by atoms with Crippen LogP contribution >= 0.6 is 0 Å². The first-order valence-corrected chi connectivity index (χ1v) is 7.33. The van der Waals surface area contributed by atoms with Crippen molar-refractivity contribution in [3.8, 4) is 0 Å². The summed E-state index contributed by atoms with van der Waals surface area (Å²) in [6, 6.07) is 0. The van der Waals surface area contributed by atoms with Gasteiger partial charge in [-0.25, -0.2) is 13.2 Å². The van der Waals surface area contributed by atoms with Crippen molar-refractivity contribution in [3.05, 3.63) is 0 Å². The molecule has 0 aromatic rings. The lowest BCUT2D eigenvalue weighted by molar-refractivity contribution is -0.155. The molecular formula is C10H19NO5S. The van der Waals surface area contributed by atoms with Crippen molar-refractivity contribution in [1.29, 1.82) is 0 Å². The van der Waals surface area contributed by atoms with E-state index in [4.69, 9.17) is 9.84 Å². The Morgan fingerprint density at radius 3 is 2.71 bits per heavy atom. The molecule has 6 nitrogen and oxygen atoms in total. The van der Waals surface area contributed by atoms with Gasteiger partial charge in [-0.3, -0.25) is 4.90 Å². The molecule has 0 amide bonds. The van der Waals surface area contributed by atoms with Gasteiger partial charge in [0.1, 0.15) is 0 Å². The van der Waals surface area contributed by atoms with Crippen LogP contribution in [0.25, 0.3) is 0 Å². The highest BCUT2D eigenvalue weighted by Crippen LogP contribution is 2.07. The maximum Gasteiger partial charge on any atom is 0.334 e. The Hall–Kier alpha value is -0.660. The van der Waals surface area contributed by atoms with E-state index in [0.29, 0.717) is 19.7 Å². The van der Waals surface area contributed by atoms with Gasteiger partial charge in [0.25, 0.3) is 0 Å². The standard InChI is InChI=1S/C10H19NO5S/c1-8(2)17(14,15)6-4-11-3-5-16-9(7-11)10(12)13/h8-9H,3-7H2,1-2H3,(H,12,13). The van der Waals surface area contributed by atoms with Crippen molar-refractivity contribution < 1.29 is 23.1 Å². The Morgan fingerprint density at radius 1 is 1.53 bits per heavy atom. The minimum absolute atomic E-state index is 0.0665. The molecule has 0 aliphatic carbocycles. The summed E-state index contributed by atoms with van der Waals surface area (Å²) in [5.74, 6) is -0.932. The number of morpholine rings is 1. The fourth-order valence-corrected chi connectivity index (χ4v) is 2.53. The van der Waals surface area contributed by atoms with E-state index in [9.17, 15) is 13.2 Å². The largest absolute Gasteiger partial charge is 0.479 e. The number of carboxylic acids is 1.